The van der Waals surface area contributed by atoms with Crippen molar-refractivity contribution in [2.24, 2.45) is 14.1 Å². The van der Waals surface area contributed by atoms with Crippen LogP contribution in [-0.2, 0) is 30.8 Å². The fourth-order valence-corrected chi connectivity index (χ4v) is 4.59. The molecule has 1 fully saturated rings. The van der Waals surface area contributed by atoms with Gasteiger partial charge in [-0.1, -0.05) is 13.8 Å². The molecule has 0 amide bonds. The average molecular weight is 373 g/mol. The number of rotatable bonds is 6. The Morgan fingerprint density at radius 2 is 1.56 bits per heavy atom. The van der Waals surface area contributed by atoms with Gasteiger partial charge in [-0.05, 0) is 0 Å². The van der Waals surface area contributed by atoms with Crippen LogP contribution in [0.2, 0.25) is 0 Å². The first kappa shape index (κ1) is 19.8. The van der Waals surface area contributed by atoms with Gasteiger partial charge >= 0.3 is 5.69 Å². The Hall–Kier alpha value is -1.49. The monoisotopic (exact) mass is 373 g/mol. The molecule has 1 aliphatic rings. The lowest BCUT2D eigenvalue weighted by molar-refractivity contribution is 0.172. The summed E-state index contributed by atoms with van der Waals surface area (Å²) in [5, 5.41) is 0. The quantitative estimate of drug-likeness (QED) is 0.624. The highest BCUT2D eigenvalue weighted by atomic mass is 32.2. The molecule has 0 aromatic carbocycles. The number of piperazine rings is 1. The van der Waals surface area contributed by atoms with E-state index in [1.54, 1.807) is 7.05 Å². The lowest BCUT2D eigenvalue weighted by atomic mass is 10.3. The SMILES string of the molecule is CCN(CC)S(=O)(=O)N1CCN(Cc2cc(=O)n(C)c(=O)n2C)CC1. The predicted molar refractivity (Wildman–Crippen MR) is 95.6 cm³/mol. The van der Waals surface area contributed by atoms with Crippen LogP contribution in [0.3, 0.4) is 0 Å². The van der Waals surface area contributed by atoms with Crippen molar-refractivity contribution in [1.82, 2.24) is 22.6 Å². The summed E-state index contributed by atoms with van der Waals surface area (Å²) in [6, 6.07) is 1.46. The molecule has 10 heteroatoms. The molecule has 0 N–H and O–H groups in total. The molecule has 0 bridgehead atoms. The summed E-state index contributed by atoms with van der Waals surface area (Å²) in [5.41, 5.74) is -0.0563. The summed E-state index contributed by atoms with van der Waals surface area (Å²) in [6.07, 6.45) is 0. The van der Waals surface area contributed by atoms with E-state index in [1.165, 1.54) is 26.3 Å². The summed E-state index contributed by atoms with van der Waals surface area (Å²) in [4.78, 5) is 25.9. The standard InChI is InChI=1S/C15H27N5O4S/c1-5-19(6-2)25(23,24)20-9-7-18(8-10-20)12-13-11-14(21)17(4)15(22)16(13)3/h11H,5-10,12H2,1-4H3. The van der Waals surface area contributed by atoms with Gasteiger partial charge in [0.1, 0.15) is 0 Å². The van der Waals surface area contributed by atoms with Crippen molar-refractivity contribution in [3.63, 3.8) is 0 Å². The molecule has 0 aliphatic carbocycles. The first-order chi connectivity index (χ1) is 11.7. The Bertz CT molecular complexity index is 817. The highest BCUT2D eigenvalue weighted by Crippen LogP contribution is 2.13. The molecule has 1 aromatic heterocycles. The maximum absolute atomic E-state index is 12.5. The molecule has 0 saturated carbocycles. The second kappa shape index (κ2) is 7.81. The fraction of sp³-hybridized carbons (Fsp3) is 0.733. The summed E-state index contributed by atoms with van der Waals surface area (Å²) < 4.78 is 30.6. The summed E-state index contributed by atoms with van der Waals surface area (Å²) in [6.45, 7) is 6.93. The van der Waals surface area contributed by atoms with Gasteiger partial charge in [0, 0.05) is 71.7 Å². The highest BCUT2D eigenvalue weighted by molar-refractivity contribution is 7.86. The van der Waals surface area contributed by atoms with E-state index in [9.17, 15) is 18.0 Å². The van der Waals surface area contributed by atoms with Crippen LogP contribution in [0.4, 0.5) is 0 Å². The summed E-state index contributed by atoms with van der Waals surface area (Å²) >= 11 is 0. The normalized spacial score (nSPS) is 17.3. The van der Waals surface area contributed by atoms with Gasteiger partial charge in [0.15, 0.2) is 0 Å². The summed E-state index contributed by atoms with van der Waals surface area (Å²) in [5.74, 6) is 0. The Balaban J connectivity index is 2.07. The zero-order chi connectivity index (χ0) is 18.8. The molecule has 1 saturated heterocycles. The minimum atomic E-state index is -3.42. The van der Waals surface area contributed by atoms with Crippen LogP contribution in [0.5, 0.6) is 0 Å². The average Bonchev–Trinajstić information content (AvgIpc) is 2.59. The molecule has 1 aromatic rings. The van der Waals surface area contributed by atoms with Gasteiger partial charge in [0.25, 0.3) is 15.8 Å². The second-order valence-corrected chi connectivity index (χ2v) is 8.07. The lowest BCUT2D eigenvalue weighted by Gasteiger charge is -2.36. The Labute approximate surface area is 148 Å². The minimum Gasteiger partial charge on any atom is -0.299 e. The van der Waals surface area contributed by atoms with Gasteiger partial charge < -0.3 is 0 Å². The van der Waals surface area contributed by atoms with E-state index in [2.05, 4.69) is 4.90 Å². The van der Waals surface area contributed by atoms with Crippen molar-refractivity contribution in [1.29, 1.82) is 0 Å². The van der Waals surface area contributed by atoms with E-state index in [-0.39, 0.29) is 11.2 Å². The van der Waals surface area contributed by atoms with Crippen LogP contribution in [0.25, 0.3) is 0 Å². The molecule has 1 aliphatic heterocycles. The van der Waals surface area contributed by atoms with Crippen LogP contribution in [0, 0.1) is 0 Å². The molecule has 0 radical (unpaired) electrons. The topological polar surface area (TPSA) is 87.9 Å². The molecule has 9 nitrogen and oxygen atoms in total. The summed E-state index contributed by atoms with van der Waals surface area (Å²) in [7, 11) is -0.330. The highest BCUT2D eigenvalue weighted by Gasteiger charge is 2.30. The van der Waals surface area contributed by atoms with Crippen LogP contribution < -0.4 is 11.2 Å². The van der Waals surface area contributed by atoms with Gasteiger partial charge in [-0.2, -0.15) is 17.0 Å². The zero-order valence-corrected chi connectivity index (χ0v) is 16.1. The number of aromatic nitrogens is 2. The Morgan fingerprint density at radius 3 is 2.08 bits per heavy atom. The predicted octanol–water partition coefficient (Wildman–Crippen LogP) is -1.21. The van der Waals surface area contributed by atoms with Crippen molar-refractivity contribution in [3.05, 3.63) is 32.6 Å². The van der Waals surface area contributed by atoms with Gasteiger partial charge in [0.05, 0.1) is 0 Å². The van der Waals surface area contributed by atoms with Crippen molar-refractivity contribution < 1.29 is 8.42 Å². The molecular formula is C15H27N5O4S. The van der Waals surface area contributed by atoms with Crippen LogP contribution >= 0.6 is 0 Å². The van der Waals surface area contributed by atoms with Crippen LogP contribution in [-0.4, -0.2) is 70.3 Å². The molecule has 2 rings (SSSR count). The van der Waals surface area contributed by atoms with Crippen LogP contribution in [0.1, 0.15) is 19.5 Å². The van der Waals surface area contributed by atoms with Gasteiger partial charge in [-0.25, -0.2) is 4.79 Å². The van der Waals surface area contributed by atoms with Gasteiger partial charge in [0.2, 0.25) is 0 Å². The minimum absolute atomic E-state index is 0.333. The van der Waals surface area contributed by atoms with E-state index in [4.69, 9.17) is 0 Å². The third-order valence-electron chi connectivity index (χ3n) is 4.70. The van der Waals surface area contributed by atoms with E-state index in [0.29, 0.717) is 51.5 Å². The first-order valence-corrected chi connectivity index (χ1v) is 9.85. The van der Waals surface area contributed by atoms with Crippen LogP contribution in [0.15, 0.2) is 15.7 Å². The van der Waals surface area contributed by atoms with Gasteiger partial charge in [-0.3, -0.25) is 18.8 Å². The number of nitrogens with zero attached hydrogens (tertiary/aromatic N) is 5. The van der Waals surface area contributed by atoms with E-state index in [1.807, 2.05) is 13.8 Å². The smallest absolute Gasteiger partial charge is 0.299 e. The molecule has 0 spiro atoms. The van der Waals surface area contributed by atoms with E-state index < -0.39 is 10.2 Å². The lowest BCUT2D eigenvalue weighted by Crippen LogP contribution is -2.53. The third kappa shape index (κ3) is 4.02. The Morgan fingerprint density at radius 1 is 1.00 bits per heavy atom. The van der Waals surface area contributed by atoms with Crippen molar-refractivity contribution >= 4 is 10.2 Å². The zero-order valence-electron chi connectivity index (χ0n) is 15.3. The van der Waals surface area contributed by atoms with E-state index >= 15 is 0 Å². The fourth-order valence-electron chi connectivity index (χ4n) is 2.99. The molecule has 0 atom stereocenters. The maximum atomic E-state index is 12.5. The molecular weight excluding hydrogens is 346 g/mol. The second-order valence-electron chi connectivity index (χ2n) is 6.14. The molecule has 25 heavy (non-hydrogen) atoms. The van der Waals surface area contributed by atoms with Crippen molar-refractivity contribution in [2.45, 2.75) is 20.4 Å². The third-order valence-corrected chi connectivity index (χ3v) is 6.89. The van der Waals surface area contributed by atoms with E-state index in [0.717, 1.165) is 4.57 Å². The first-order valence-electron chi connectivity index (χ1n) is 8.45. The molecule has 2 heterocycles. The molecule has 0 unspecified atom stereocenters. The maximum Gasteiger partial charge on any atom is 0.330 e. The van der Waals surface area contributed by atoms with Crippen molar-refractivity contribution in [3.8, 4) is 0 Å². The van der Waals surface area contributed by atoms with Crippen molar-refractivity contribution in [2.75, 3.05) is 39.3 Å². The number of hydrogen-bond acceptors (Lipinski definition) is 5. The Kier molecular flexibility index (Phi) is 6.20. The number of hydrogen-bond donors (Lipinski definition) is 0. The largest absolute Gasteiger partial charge is 0.330 e. The molecule has 142 valence electrons. The van der Waals surface area contributed by atoms with Gasteiger partial charge in [-0.15, -0.1) is 0 Å².